The number of hydrogen-bond acceptors (Lipinski definition) is 8. The number of nitrogens with one attached hydrogen (secondary N) is 1. The predicted molar refractivity (Wildman–Crippen MR) is 120 cm³/mol. The number of nitrogens with two attached hydrogens (primary N) is 1. The zero-order chi connectivity index (χ0) is 21.3. The topological polar surface area (TPSA) is 104 Å². The Morgan fingerprint density at radius 2 is 2.23 bits per heavy atom. The van der Waals surface area contributed by atoms with E-state index in [-0.39, 0.29) is 5.95 Å². The molecule has 0 fully saturated rings. The zero-order valence-corrected chi connectivity index (χ0v) is 18.4. The normalized spacial score (nSPS) is 15.9. The number of pyridine rings is 1. The molecular weight excluding hydrogens is 398 g/mol. The van der Waals surface area contributed by atoms with E-state index >= 15 is 0 Å². The fraction of sp³-hybridized carbons (Fsp3) is 0.429. The number of thioether (sulfide) groups is 1. The van der Waals surface area contributed by atoms with E-state index in [0.29, 0.717) is 12.6 Å². The molecule has 3 N–H and O–H groups in total. The van der Waals surface area contributed by atoms with Crippen LogP contribution in [0.4, 0.5) is 5.95 Å². The fourth-order valence-electron chi connectivity index (χ4n) is 3.85. The van der Waals surface area contributed by atoms with Crippen molar-refractivity contribution in [3.05, 3.63) is 41.4 Å². The van der Waals surface area contributed by atoms with Gasteiger partial charge in [-0.2, -0.15) is 10.1 Å². The summed E-state index contributed by atoms with van der Waals surface area (Å²) >= 11 is 1.70. The molecule has 0 aromatic carbocycles. The molecule has 9 heteroatoms. The SMILES string of the molecule is C=CCCNC1CSc2nc(N)nc3c2c(nn3Cc2ncc(C)c(OC)c2C)C1. The van der Waals surface area contributed by atoms with Crippen LogP contribution in [-0.2, 0) is 13.0 Å². The number of nitrogen functional groups attached to an aromatic ring is 1. The number of rotatable bonds is 7. The van der Waals surface area contributed by atoms with E-state index in [0.717, 1.165) is 69.5 Å². The molecule has 0 spiro atoms. The highest BCUT2D eigenvalue weighted by atomic mass is 32.2. The summed E-state index contributed by atoms with van der Waals surface area (Å²) in [4.78, 5) is 13.6. The Hall–Kier alpha value is -2.65. The molecule has 1 unspecified atom stereocenters. The third kappa shape index (κ3) is 3.87. The van der Waals surface area contributed by atoms with E-state index in [1.807, 2.05) is 30.8 Å². The van der Waals surface area contributed by atoms with Gasteiger partial charge in [-0.25, -0.2) is 9.67 Å². The van der Waals surface area contributed by atoms with Crippen LogP contribution in [0.1, 0.15) is 28.9 Å². The van der Waals surface area contributed by atoms with Gasteiger partial charge in [0.1, 0.15) is 10.8 Å². The summed E-state index contributed by atoms with van der Waals surface area (Å²) in [7, 11) is 1.68. The Morgan fingerprint density at radius 1 is 1.40 bits per heavy atom. The van der Waals surface area contributed by atoms with Gasteiger partial charge in [0.05, 0.1) is 30.4 Å². The third-order valence-corrected chi connectivity index (χ3v) is 6.48. The average Bonchev–Trinajstić information content (AvgIpc) is 2.94. The van der Waals surface area contributed by atoms with E-state index in [1.165, 1.54) is 0 Å². The van der Waals surface area contributed by atoms with Crippen molar-refractivity contribution < 1.29 is 4.74 Å². The first-order chi connectivity index (χ1) is 14.5. The Balaban J connectivity index is 1.73. The second-order valence-corrected chi connectivity index (χ2v) is 8.49. The van der Waals surface area contributed by atoms with Gasteiger partial charge in [0.2, 0.25) is 5.95 Å². The summed E-state index contributed by atoms with van der Waals surface area (Å²) in [5.74, 6) is 2.03. The van der Waals surface area contributed by atoms with Gasteiger partial charge in [0.25, 0.3) is 0 Å². The number of methoxy groups -OCH3 is 1. The zero-order valence-electron chi connectivity index (χ0n) is 17.6. The Morgan fingerprint density at radius 3 is 3.00 bits per heavy atom. The smallest absolute Gasteiger partial charge is 0.223 e. The lowest BCUT2D eigenvalue weighted by atomic mass is 10.1. The van der Waals surface area contributed by atoms with Crippen molar-refractivity contribution in [1.82, 2.24) is 30.0 Å². The summed E-state index contributed by atoms with van der Waals surface area (Å²) in [6, 6.07) is 0.302. The molecule has 0 bridgehead atoms. The molecule has 0 radical (unpaired) electrons. The molecule has 0 saturated carbocycles. The van der Waals surface area contributed by atoms with Crippen LogP contribution in [0.15, 0.2) is 23.9 Å². The van der Waals surface area contributed by atoms with Crippen LogP contribution in [0, 0.1) is 13.8 Å². The second-order valence-electron chi connectivity index (χ2n) is 7.48. The van der Waals surface area contributed by atoms with E-state index in [9.17, 15) is 0 Å². The first-order valence-electron chi connectivity index (χ1n) is 10.0. The number of aromatic nitrogens is 5. The van der Waals surface area contributed by atoms with Gasteiger partial charge in [-0.15, -0.1) is 18.3 Å². The molecule has 1 atom stereocenters. The molecular formula is C21H27N7OS. The van der Waals surface area contributed by atoms with E-state index in [2.05, 4.69) is 26.8 Å². The van der Waals surface area contributed by atoms with Crippen LogP contribution in [-0.4, -0.2) is 50.2 Å². The molecule has 1 aliphatic heterocycles. The van der Waals surface area contributed by atoms with Crippen LogP contribution in [0.3, 0.4) is 0 Å². The lowest BCUT2D eigenvalue weighted by Gasteiger charge is -2.15. The summed E-state index contributed by atoms with van der Waals surface area (Å²) in [6.07, 6.45) is 5.51. The molecule has 30 heavy (non-hydrogen) atoms. The molecule has 3 aromatic heterocycles. The van der Waals surface area contributed by atoms with E-state index in [4.69, 9.17) is 15.6 Å². The van der Waals surface area contributed by atoms with Gasteiger partial charge in [0, 0.05) is 35.5 Å². The molecule has 3 aromatic rings. The first-order valence-corrected chi connectivity index (χ1v) is 11.0. The van der Waals surface area contributed by atoms with Crippen LogP contribution in [0.2, 0.25) is 0 Å². The highest BCUT2D eigenvalue weighted by molar-refractivity contribution is 7.99. The Bertz CT molecular complexity index is 1090. The number of ether oxygens (including phenoxy) is 1. The van der Waals surface area contributed by atoms with Crippen molar-refractivity contribution in [1.29, 1.82) is 0 Å². The van der Waals surface area contributed by atoms with Crippen molar-refractivity contribution in [2.75, 3.05) is 25.1 Å². The molecule has 0 saturated heterocycles. The van der Waals surface area contributed by atoms with Crippen molar-refractivity contribution in [3.63, 3.8) is 0 Å². The number of anilines is 1. The van der Waals surface area contributed by atoms with Crippen molar-refractivity contribution in [2.45, 2.75) is 44.3 Å². The van der Waals surface area contributed by atoms with Gasteiger partial charge in [0.15, 0.2) is 5.65 Å². The summed E-state index contributed by atoms with van der Waals surface area (Å²) in [5.41, 5.74) is 10.7. The first kappa shape index (κ1) is 20.6. The minimum Gasteiger partial charge on any atom is -0.496 e. The maximum Gasteiger partial charge on any atom is 0.223 e. The number of aryl methyl sites for hydroxylation is 1. The molecule has 0 amide bonds. The van der Waals surface area contributed by atoms with Gasteiger partial charge in [-0.05, 0) is 26.8 Å². The van der Waals surface area contributed by atoms with Gasteiger partial charge < -0.3 is 15.8 Å². The van der Waals surface area contributed by atoms with E-state index < -0.39 is 0 Å². The molecule has 4 heterocycles. The van der Waals surface area contributed by atoms with Gasteiger partial charge >= 0.3 is 0 Å². The van der Waals surface area contributed by atoms with E-state index in [1.54, 1.807) is 18.9 Å². The Labute approximate surface area is 180 Å². The predicted octanol–water partition coefficient (Wildman–Crippen LogP) is 2.66. The Kier molecular flexibility index (Phi) is 5.92. The van der Waals surface area contributed by atoms with Crippen LogP contribution in [0.5, 0.6) is 5.75 Å². The molecule has 8 nitrogen and oxygen atoms in total. The summed E-state index contributed by atoms with van der Waals surface area (Å²) in [5, 5.41) is 10.4. The molecule has 158 valence electrons. The summed E-state index contributed by atoms with van der Waals surface area (Å²) in [6.45, 7) is 9.20. The van der Waals surface area contributed by atoms with Crippen molar-refractivity contribution >= 4 is 28.7 Å². The standard InChI is InChI=1S/C21H27N7OS/c1-5-6-7-23-14-8-15-17-19(25-21(22)26-20(17)30-11-14)28(27-15)10-16-13(3)18(29-4)12(2)9-24-16/h5,9,14,23H,1,6-8,10-11H2,2-4H3,(H2,22,25,26). The minimum atomic E-state index is 0.266. The second kappa shape index (κ2) is 8.61. The molecule has 4 rings (SSSR count). The lowest BCUT2D eigenvalue weighted by Crippen LogP contribution is -2.33. The van der Waals surface area contributed by atoms with Gasteiger partial charge in [-0.1, -0.05) is 6.08 Å². The maximum atomic E-state index is 6.04. The molecule has 0 aliphatic carbocycles. The maximum absolute atomic E-state index is 6.04. The minimum absolute atomic E-state index is 0.266. The van der Waals surface area contributed by atoms with Crippen LogP contribution >= 0.6 is 11.8 Å². The van der Waals surface area contributed by atoms with Crippen LogP contribution < -0.4 is 15.8 Å². The number of hydrogen-bond donors (Lipinski definition) is 2. The van der Waals surface area contributed by atoms with Crippen molar-refractivity contribution in [2.24, 2.45) is 0 Å². The molecule has 1 aliphatic rings. The van der Waals surface area contributed by atoms with Crippen molar-refractivity contribution in [3.8, 4) is 5.75 Å². The highest BCUT2D eigenvalue weighted by Gasteiger charge is 2.25. The monoisotopic (exact) mass is 425 g/mol. The number of nitrogens with zero attached hydrogens (tertiary/aromatic N) is 5. The summed E-state index contributed by atoms with van der Waals surface area (Å²) < 4.78 is 7.45. The van der Waals surface area contributed by atoms with Crippen LogP contribution in [0.25, 0.3) is 11.0 Å². The largest absolute Gasteiger partial charge is 0.496 e. The lowest BCUT2D eigenvalue weighted by molar-refractivity contribution is 0.406. The average molecular weight is 426 g/mol. The quantitative estimate of drug-likeness (QED) is 0.338. The van der Waals surface area contributed by atoms with Gasteiger partial charge in [-0.3, -0.25) is 4.98 Å². The highest BCUT2D eigenvalue weighted by Crippen LogP contribution is 2.34. The fourth-order valence-corrected chi connectivity index (χ4v) is 4.96. The third-order valence-electron chi connectivity index (χ3n) is 5.34.